The van der Waals surface area contributed by atoms with Crippen molar-refractivity contribution in [2.45, 2.75) is 13.5 Å². The topological polar surface area (TPSA) is 89.6 Å². The third-order valence-corrected chi connectivity index (χ3v) is 4.72. The summed E-state index contributed by atoms with van der Waals surface area (Å²) in [7, 11) is 1.57. The first kappa shape index (κ1) is 20.9. The Bertz CT molecular complexity index is 1280. The van der Waals surface area contributed by atoms with E-state index in [-0.39, 0.29) is 12.6 Å². The Morgan fingerprint density at radius 2 is 1.78 bits per heavy atom. The van der Waals surface area contributed by atoms with Crippen LogP contribution in [-0.4, -0.2) is 29.3 Å². The molecular formula is C24H22N5O3+. The Kier molecular flexibility index (Phi) is 6.31. The number of benzene rings is 2. The lowest BCUT2D eigenvalue weighted by Gasteiger charge is -2.12. The molecule has 0 aliphatic carbocycles. The maximum atomic E-state index is 12.0. The Hall–Kier alpha value is -4.33. The van der Waals surface area contributed by atoms with Crippen LogP contribution in [0.5, 0.6) is 11.5 Å². The number of aryl methyl sites for hydroxylation is 1. The first-order valence-electron chi connectivity index (χ1n) is 9.97. The van der Waals surface area contributed by atoms with Crippen molar-refractivity contribution in [2.75, 3.05) is 7.11 Å². The van der Waals surface area contributed by atoms with Gasteiger partial charge in [-0.25, -0.2) is 9.97 Å². The van der Waals surface area contributed by atoms with Crippen LogP contribution in [0.2, 0.25) is 0 Å². The number of fused-ring (bicyclic) bond motifs is 1. The summed E-state index contributed by atoms with van der Waals surface area (Å²) >= 11 is 0. The SMILES string of the molecule is COc1cc(C=NNC(=O)[n+]2ccccc2)ccc1OCc1nc2ccccc2nc1C. The molecule has 4 rings (SSSR count). The summed E-state index contributed by atoms with van der Waals surface area (Å²) in [5, 5.41) is 4.00. The summed E-state index contributed by atoms with van der Waals surface area (Å²) in [6.07, 6.45) is 4.82. The maximum Gasteiger partial charge on any atom is 0.520 e. The summed E-state index contributed by atoms with van der Waals surface area (Å²) in [5.41, 5.74) is 6.48. The van der Waals surface area contributed by atoms with Crippen LogP contribution in [0, 0.1) is 6.92 Å². The van der Waals surface area contributed by atoms with Crippen molar-refractivity contribution in [3.8, 4) is 11.5 Å². The van der Waals surface area contributed by atoms with E-state index in [1.807, 2.05) is 43.3 Å². The molecule has 0 saturated carbocycles. The lowest BCUT2D eigenvalue weighted by atomic mass is 10.2. The van der Waals surface area contributed by atoms with Gasteiger partial charge in [-0.2, -0.15) is 9.36 Å². The zero-order valence-electron chi connectivity index (χ0n) is 17.7. The van der Waals surface area contributed by atoms with E-state index in [1.54, 1.807) is 43.8 Å². The lowest BCUT2D eigenvalue weighted by Crippen LogP contribution is -2.47. The van der Waals surface area contributed by atoms with Gasteiger partial charge >= 0.3 is 6.03 Å². The van der Waals surface area contributed by atoms with Crippen molar-refractivity contribution >= 4 is 23.3 Å². The van der Waals surface area contributed by atoms with Gasteiger partial charge < -0.3 is 9.47 Å². The van der Waals surface area contributed by atoms with Gasteiger partial charge in [0.2, 0.25) is 0 Å². The fraction of sp³-hybridized carbons (Fsp3) is 0.125. The first-order valence-corrected chi connectivity index (χ1v) is 9.97. The Balaban J connectivity index is 1.43. The monoisotopic (exact) mass is 428 g/mol. The summed E-state index contributed by atoms with van der Waals surface area (Å²) in [4.78, 5) is 21.3. The Morgan fingerprint density at radius 1 is 1.03 bits per heavy atom. The van der Waals surface area contributed by atoms with Crippen LogP contribution in [0.25, 0.3) is 11.0 Å². The number of nitrogens with one attached hydrogen (secondary N) is 1. The van der Waals surface area contributed by atoms with E-state index >= 15 is 0 Å². The van der Waals surface area contributed by atoms with E-state index in [1.165, 1.54) is 10.8 Å². The number of rotatable bonds is 6. The largest absolute Gasteiger partial charge is 0.520 e. The molecule has 0 saturated heterocycles. The Labute approximate surface area is 185 Å². The predicted molar refractivity (Wildman–Crippen MR) is 120 cm³/mol. The molecule has 0 unspecified atom stereocenters. The van der Waals surface area contributed by atoms with Crippen molar-refractivity contribution in [3.05, 3.63) is 90.0 Å². The van der Waals surface area contributed by atoms with Gasteiger partial charge in [0.05, 0.1) is 48.1 Å². The van der Waals surface area contributed by atoms with E-state index in [9.17, 15) is 4.79 Å². The summed E-state index contributed by atoms with van der Waals surface area (Å²) in [5.74, 6) is 1.12. The van der Waals surface area contributed by atoms with Gasteiger partial charge in [0.25, 0.3) is 0 Å². The van der Waals surface area contributed by atoms with Gasteiger partial charge in [-0.1, -0.05) is 23.3 Å². The van der Waals surface area contributed by atoms with E-state index in [4.69, 9.17) is 9.47 Å². The van der Waals surface area contributed by atoms with Crippen molar-refractivity contribution < 1.29 is 18.8 Å². The second-order valence-electron chi connectivity index (χ2n) is 6.90. The zero-order valence-corrected chi connectivity index (χ0v) is 17.7. The molecule has 0 bridgehead atoms. The molecule has 0 aliphatic rings. The molecule has 0 aliphatic heterocycles. The van der Waals surface area contributed by atoms with Crippen LogP contribution >= 0.6 is 0 Å². The van der Waals surface area contributed by atoms with Crippen molar-refractivity contribution in [3.63, 3.8) is 0 Å². The first-order chi connectivity index (χ1) is 15.6. The molecular weight excluding hydrogens is 406 g/mol. The Morgan fingerprint density at radius 3 is 2.53 bits per heavy atom. The summed E-state index contributed by atoms with van der Waals surface area (Å²) < 4.78 is 12.8. The van der Waals surface area contributed by atoms with Gasteiger partial charge in [0, 0.05) is 5.56 Å². The quantitative estimate of drug-likeness (QED) is 0.289. The number of hydrazone groups is 1. The van der Waals surface area contributed by atoms with E-state index in [0.717, 1.165) is 28.0 Å². The second kappa shape index (κ2) is 9.65. The number of hydrogen-bond donors (Lipinski definition) is 1. The number of nitrogens with zero attached hydrogens (tertiary/aromatic N) is 4. The van der Waals surface area contributed by atoms with Crippen LogP contribution in [-0.2, 0) is 6.61 Å². The third kappa shape index (κ3) is 4.86. The molecule has 0 atom stereocenters. The number of para-hydroxylation sites is 2. The minimum absolute atomic E-state index is 0.262. The predicted octanol–water partition coefficient (Wildman–Crippen LogP) is 3.41. The minimum atomic E-state index is -0.361. The number of carbonyl (C=O) groups excluding carboxylic acids is 1. The van der Waals surface area contributed by atoms with E-state index < -0.39 is 0 Å². The van der Waals surface area contributed by atoms with Crippen LogP contribution in [0.4, 0.5) is 4.79 Å². The van der Waals surface area contributed by atoms with Gasteiger partial charge in [-0.05, 0) is 49.4 Å². The molecule has 2 aromatic heterocycles. The highest BCUT2D eigenvalue weighted by Crippen LogP contribution is 2.28. The van der Waals surface area contributed by atoms with Crippen molar-refractivity contribution in [1.29, 1.82) is 0 Å². The number of ether oxygens (including phenoxy) is 2. The minimum Gasteiger partial charge on any atom is -0.493 e. The summed E-state index contributed by atoms with van der Waals surface area (Å²) in [6.45, 7) is 2.18. The van der Waals surface area contributed by atoms with Crippen LogP contribution in [0.3, 0.4) is 0 Å². The molecule has 160 valence electrons. The standard InChI is InChI=1S/C24H21N5O3/c1-17-21(27-20-9-5-4-8-19(20)26-17)16-32-22-11-10-18(14-23(22)31-2)15-25-28-24(30)29-12-6-3-7-13-29/h3-15H,16H2,1-2H3/p+1. The van der Waals surface area contributed by atoms with E-state index in [2.05, 4.69) is 20.5 Å². The molecule has 1 N–H and O–H groups in total. The highest BCUT2D eigenvalue weighted by Gasteiger charge is 2.11. The van der Waals surface area contributed by atoms with Gasteiger partial charge in [-0.15, -0.1) is 5.43 Å². The fourth-order valence-corrected chi connectivity index (χ4v) is 3.05. The summed E-state index contributed by atoms with van der Waals surface area (Å²) in [6, 6.07) is 18.1. The molecule has 8 heteroatoms. The number of aromatic nitrogens is 3. The maximum absolute atomic E-state index is 12.0. The molecule has 4 aromatic rings. The smallest absolute Gasteiger partial charge is 0.493 e. The molecule has 0 radical (unpaired) electrons. The van der Waals surface area contributed by atoms with Gasteiger partial charge in [0.15, 0.2) is 11.5 Å². The lowest BCUT2D eigenvalue weighted by molar-refractivity contribution is -0.572. The molecule has 8 nitrogen and oxygen atoms in total. The van der Waals surface area contributed by atoms with E-state index in [0.29, 0.717) is 11.5 Å². The highest BCUT2D eigenvalue weighted by molar-refractivity contribution is 5.81. The van der Waals surface area contributed by atoms with Crippen LogP contribution in [0.15, 0.2) is 78.2 Å². The van der Waals surface area contributed by atoms with Gasteiger partial charge in [-0.3, -0.25) is 0 Å². The average Bonchev–Trinajstić information content (AvgIpc) is 2.83. The number of amides is 1. The number of pyridine rings is 1. The molecule has 1 amide bonds. The van der Waals surface area contributed by atoms with Gasteiger partial charge in [0.1, 0.15) is 6.61 Å². The second-order valence-corrected chi connectivity index (χ2v) is 6.90. The molecule has 2 aromatic carbocycles. The normalized spacial score (nSPS) is 10.9. The number of carbonyl (C=O) groups is 1. The highest BCUT2D eigenvalue weighted by atomic mass is 16.5. The fourth-order valence-electron chi connectivity index (χ4n) is 3.05. The number of hydrogen-bond acceptors (Lipinski definition) is 6. The number of methoxy groups -OCH3 is 1. The average molecular weight is 428 g/mol. The van der Waals surface area contributed by atoms with Crippen LogP contribution in [0.1, 0.15) is 17.0 Å². The molecule has 2 heterocycles. The van der Waals surface area contributed by atoms with Crippen molar-refractivity contribution in [2.24, 2.45) is 5.10 Å². The molecule has 32 heavy (non-hydrogen) atoms. The van der Waals surface area contributed by atoms with Crippen LogP contribution < -0.4 is 19.5 Å². The molecule has 0 spiro atoms. The zero-order chi connectivity index (χ0) is 22.3. The van der Waals surface area contributed by atoms with Crippen molar-refractivity contribution in [1.82, 2.24) is 15.4 Å². The molecule has 0 fully saturated rings. The third-order valence-electron chi connectivity index (χ3n) is 4.72.